The molecule has 0 aliphatic heterocycles. The van der Waals surface area contributed by atoms with Crippen molar-refractivity contribution in [3.63, 3.8) is 0 Å². The summed E-state index contributed by atoms with van der Waals surface area (Å²) in [6, 6.07) is -1.29. The maximum atomic E-state index is 11.2. The molecule has 0 aliphatic carbocycles. The van der Waals surface area contributed by atoms with Crippen LogP contribution < -0.4 is 5.32 Å². The molecule has 1 atom stereocenters. The molecule has 0 heterocycles. The number of carboxylic acid groups (broad SMARTS) is 1. The van der Waals surface area contributed by atoms with Crippen molar-refractivity contribution in [2.24, 2.45) is 0 Å². The molecule has 1 amide bonds. The van der Waals surface area contributed by atoms with E-state index in [2.05, 4.69) is 10.1 Å². The van der Waals surface area contributed by atoms with Crippen LogP contribution in [0.2, 0.25) is 0 Å². The van der Waals surface area contributed by atoms with Crippen LogP contribution in [0.5, 0.6) is 0 Å². The predicted molar refractivity (Wildman–Crippen MR) is 57.3 cm³/mol. The third-order valence-electron chi connectivity index (χ3n) is 1.75. The van der Waals surface area contributed by atoms with E-state index in [1.54, 1.807) is 13.8 Å². The van der Waals surface area contributed by atoms with Gasteiger partial charge in [0.15, 0.2) is 0 Å². The summed E-state index contributed by atoms with van der Waals surface area (Å²) in [5, 5.41) is 11.0. The molecule has 0 aromatic carbocycles. The number of rotatable bonds is 8. The van der Waals surface area contributed by atoms with E-state index in [4.69, 9.17) is 9.84 Å². The number of nitrogens with one attached hydrogen (secondary N) is 1. The smallest absolute Gasteiger partial charge is 0.326 e. The topological polar surface area (TPSA) is 102 Å². The fourth-order valence-electron chi connectivity index (χ4n) is 1.02. The van der Waals surface area contributed by atoms with Crippen molar-refractivity contribution in [3.05, 3.63) is 0 Å². The lowest BCUT2D eigenvalue weighted by molar-refractivity contribution is -0.150. The predicted octanol–water partition coefficient (Wildman–Crippen LogP) is -0.454. The first kappa shape index (κ1) is 15.4. The highest BCUT2D eigenvalue weighted by Crippen LogP contribution is 1.96. The number of carboxylic acids is 1. The number of hydrogen-bond acceptors (Lipinski definition) is 5. The molecule has 0 saturated heterocycles. The quantitative estimate of drug-likeness (QED) is 0.563. The molecule has 2 N–H and O–H groups in total. The first-order valence-corrected chi connectivity index (χ1v) is 5.26. The second-order valence-electron chi connectivity index (χ2n) is 3.10. The Hall–Kier alpha value is -1.63. The minimum atomic E-state index is -1.29. The summed E-state index contributed by atoms with van der Waals surface area (Å²) in [5.41, 5.74) is 0. The van der Waals surface area contributed by atoms with Crippen molar-refractivity contribution in [3.8, 4) is 0 Å². The SMILES string of the molecule is CCOCC(=O)N[C@H](CC(=O)OCC)C(=O)O. The van der Waals surface area contributed by atoms with Gasteiger partial charge in [-0.3, -0.25) is 9.59 Å². The van der Waals surface area contributed by atoms with Crippen molar-refractivity contribution in [2.45, 2.75) is 26.3 Å². The Morgan fingerprint density at radius 3 is 2.35 bits per heavy atom. The largest absolute Gasteiger partial charge is 0.480 e. The molecule has 0 aromatic rings. The minimum absolute atomic E-state index is 0.165. The molecular formula is C10H17NO6. The van der Waals surface area contributed by atoms with Crippen LogP contribution in [0.1, 0.15) is 20.3 Å². The Labute approximate surface area is 99.1 Å². The Bertz CT molecular complexity index is 278. The summed E-state index contributed by atoms with van der Waals surface area (Å²) in [4.78, 5) is 33.1. The van der Waals surface area contributed by atoms with Gasteiger partial charge in [0.2, 0.25) is 5.91 Å². The Balaban J connectivity index is 4.19. The number of carbonyl (C=O) groups excluding carboxylic acids is 2. The molecule has 0 saturated carbocycles. The third kappa shape index (κ3) is 7.29. The Morgan fingerprint density at radius 2 is 1.88 bits per heavy atom. The van der Waals surface area contributed by atoms with Crippen LogP contribution in [0.25, 0.3) is 0 Å². The highest BCUT2D eigenvalue weighted by atomic mass is 16.5. The first-order chi connectivity index (χ1) is 8.01. The molecule has 7 heteroatoms. The standard InChI is InChI=1S/C10H17NO6/c1-3-16-6-8(12)11-7(10(14)15)5-9(13)17-4-2/h7H,3-6H2,1-2H3,(H,11,12)(H,14,15)/t7-/m1/s1. The molecule has 7 nitrogen and oxygen atoms in total. The zero-order valence-electron chi connectivity index (χ0n) is 9.89. The lowest BCUT2D eigenvalue weighted by atomic mass is 10.2. The van der Waals surface area contributed by atoms with Gasteiger partial charge in [-0.15, -0.1) is 0 Å². The van der Waals surface area contributed by atoms with Crippen molar-refractivity contribution >= 4 is 17.8 Å². The average Bonchev–Trinajstić information content (AvgIpc) is 2.25. The number of esters is 1. The van der Waals surface area contributed by atoms with Crippen LogP contribution in [-0.2, 0) is 23.9 Å². The van der Waals surface area contributed by atoms with Crippen molar-refractivity contribution in [1.29, 1.82) is 0 Å². The molecule has 0 radical (unpaired) electrons. The fourth-order valence-corrected chi connectivity index (χ4v) is 1.02. The van der Waals surface area contributed by atoms with Gasteiger partial charge >= 0.3 is 11.9 Å². The second-order valence-corrected chi connectivity index (χ2v) is 3.10. The van der Waals surface area contributed by atoms with Crippen LogP contribution in [-0.4, -0.2) is 48.8 Å². The third-order valence-corrected chi connectivity index (χ3v) is 1.75. The molecule has 0 aliphatic rings. The Kier molecular flexibility index (Phi) is 7.70. The second kappa shape index (κ2) is 8.51. The van der Waals surface area contributed by atoms with Gasteiger partial charge < -0.3 is 19.9 Å². The lowest BCUT2D eigenvalue weighted by Gasteiger charge is -2.13. The van der Waals surface area contributed by atoms with Crippen LogP contribution in [0.4, 0.5) is 0 Å². The number of carbonyl (C=O) groups is 3. The van der Waals surface area contributed by atoms with E-state index >= 15 is 0 Å². The van der Waals surface area contributed by atoms with Gasteiger partial charge in [0.05, 0.1) is 13.0 Å². The average molecular weight is 247 g/mol. The van der Waals surface area contributed by atoms with E-state index < -0.39 is 30.3 Å². The molecule has 0 aromatic heterocycles. The lowest BCUT2D eigenvalue weighted by Crippen LogP contribution is -2.44. The Morgan fingerprint density at radius 1 is 1.24 bits per heavy atom. The summed E-state index contributed by atoms with van der Waals surface area (Å²) in [6.45, 7) is 3.60. The summed E-state index contributed by atoms with van der Waals surface area (Å²) in [6.07, 6.45) is -0.402. The summed E-state index contributed by atoms with van der Waals surface area (Å²) in [5.74, 6) is -2.54. The summed E-state index contributed by atoms with van der Waals surface area (Å²) < 4.78 is 9.41. The van der Waals surface area contributed by atoms with Crippen molar-refractivity contribution in [1.82, 2.24) is 5.32 Å². The van der Waals surface area contributed by atoms with E-state index in [0.717, 1.165) is 0 Å². The van der Waals surface area contributed by atoms with Gasteiger partial charge in [-0.2, -0.15) is 0 Å². The maximum Gasteiger partial charge on any atom is 0.326 e. The van der Waals surface area contributed by atoms with Crippen molar-refractivity contribution < 1.29 is 29.0 Å². The van der Waals surface area contributed by atoms with Crippen LogP contribution in [0, 0.1) is 0 Å². The number of ether oxygens (including phenoxy) is 2. The molecule has 0 unspecified atom stereocenters. The van der Waals surface area contributed by atoms with Gasteiger partial charge in [-0.05, 0) is 13.8 Å². The van der Waals surface area contributed by atoms with Gasteiger partial charge in [0.1, 0.15) is 12.6 Å². The zero-order valence-corrected chi connectivity index (χ0v) is 9.89. The van der Waals surface area contributed by atoms with Crippen LogP contribution in [0.3, 0.4) is 0 Å². The monoisotopic (exact) mass is 247 g/mol. The van der Waals surface area contributed by atoms with Crippen LogP contribution >= 0.6 is 0 Å². The summed E-state index contributed by atoms with van der Waals surface area (Å²) >= 11 is 0. The highest BCUT2D eigenvalue weighted by molar-refractivity contribution is 5.87. The van der Waals surface area contributed by atoms with E-state index in [1.807, 2.05) is 0 Å². The molecule has 0 spiro atoms. The van der Waals surface area contributed by atoms with Gasteiger partial charge in [0, 0.05) is 6.61 Å². The van der Waals surface area contributed by atoms with Crippen molar-refractivity contribution in [2.75, 3.05) is 19.8 Å². The molecule has 0 fully saturated rings. The molecule has 0 rings (SSSR count). The summed E-state index contributed by atoms with van der Waals surface area (Å²) in [7, 11) is 0. The van der Waals surface area contributed by atoms with E-state index in [0.29, 0.717) is 6.61 Å². The molecule has 0 bridgehead atoms. The molecule has 17 heavy (non-hydrogen) atoms. The maximum absolute atomic E-state index is 11.2. The zero-order chi connectivity index (χ0) is 13.3. The van der Waals surface area contributed by atoms with E-state index in [9.17, 15) is 14.4 Å². The minimum Gasteiger partial charge on any atom is -0.480 e. The van der Waals surface area contributed by atoms with Gasteiger partial charge in [-0.25, -0.2) is 4.79 Å². The number of aliphatic carboxylic acids is 1. The first-order valence-electron chi connectivity index (χ1n) is 5.26. The van der Waals surface area contributed by atoms with E-state index in [-0.39, 0.29) is 13.2 Å². The highest BCUT2D eigenvalue weighted by Gasteiger charge is 2.23. The molecule has 98 valence electrons. The van der Waals surface area contributed by atoms with Gasteiger partial charge in [0.25, 0.3) is 0 Å². The normalized spacial score (nSPS) is 11.6. The number of hydrogen-bond donors (Lipinski definition) is 2. The van der Waals surface area contributed by atoms with Gasteiger partial charge in [-0.1, -0.05) is 0 Å². The molecular weight excluding hydrogens is 230 g/mol. The number of amides is 1. The van der Waals surface area contributed by atoms with E-state index in [1.165, 1.54) is 0 Å². The van der Waals surface area contributed by atoms with Crippen LogP contribution in [0.15, 0.2) is 0 Å². The fraction of sp³-hybridized carbons (Fsp3) is 0.700.